The van der Waals surface area contributed by atoms with E-state index in [0.717, 1.165) is 5.56 Å². The number of aliphatic hydroxyl groups is 2. The topological polar surface area (TPSA) is 40.5 Å². The molecular formula is C14H22O2. The Hall–Kier alpha value is -0.860. The molecule has 2 heteroatoms. The van der Waals surface area contributed by atoms with Gasteiger partial charge in [-0.1, -0.05) is 51.1 Å². The minimum absolute atomic E-state index is 0.0193. The summed E-state index contributed by atoms with van der Waals surface area (Å²) in [4.78, 5) is 0. The van der Waals surface area contributed by atoms with Crippen LogP contribution in [0.4, 0.5) is 0 Å². The summed E-state index contributed by atoms with van der Waals surface area (Å²) in [6.45, 7) is 7.49. The molecule has 2 nitrogen and oxygen atoms in total. The molecule has 0 heterocycles. The molecule has 3 atom stereocenters. The normalized spacial score (nSPS) is 17.9. The molecule has 2 N–H and O–H groups in total. The molecular weight excluding hydrogens is 200 g/mol. The van der Waals surface area contributed by atoms with Gasteiger partial charge in [0.2, 0.25) is 0 Å². The van der Waals surface area contributed by atoms with E-state index in [0.29, 0.717) is 0 Å². The van der Waals surface area contributed by atoms with E-state index < -0.39 is 17.6 Å². The van der Waals surface area contributed by atoms with E-state index in [2.05, 4.69) is 0 Å². The third kappa shape index (κ3) is 2.63. The summed E-state index contributed by atoms with van der Waals surface area (Å²) >= 11 is 0. The zero-order valence-corrected chi connectivity index (χ0v) is 10.5. The number of hydrogen-bond donors (Lipinski definition) is 2. The van der Waals surface area contributed by atoms with Crippen LogP contribution in [0.25, 0.3) is 0 Å². The quantitative estimate of drug-likeness (QED) is 0.822. The predicted molar refractivity (Wildman–Crippen MR) is 66.3 cm³/mol. The Morgan fingerprint density at radius 1 is 1.00 bits per heavy atom. The Morgan fingerprint density at radius 2 is 1.50 bits per heavy atom. The molecule has 0 saturated carbocycles. The molecule has 0 aliphatic rings. The van der Waals surface area contributed by atoms with Crippen molar-refractivity contribution in [1.29, 1.82) is 0 Å². The van der Waals surface area contributed by atoms with Gasteiger partial charge in [0.15, 0.2) is 0 Å². The highest BCUT2D eigenvalue weighted by Gasteiger charge is 2.36. The highest BCUT2D eigenvalue weighted by Crippen LogP contribution is 2.34. The second-order valence-corrected chi connectivity index (χ2v) is 5.14. The number of benzene rings is 1. The lowest BCUT2D eigenvalue weighted by Gasteiger charge is -2.37. The van der Waals surface area contributed by atoms with E-state index in [4.69, 9.17) is 0 Å². The highest BCUT2D eigenvalue weighted by atomic mass is 16.3. The van der Waals surface area contributed by atoms with Crippen LogP contribution in [0, 0.1) is 5.41 Å². The fraction of sp³-hybridized carbons (Fsp3) is 0.571. The molecule has 16 heavy (non-hydrogen) atoms. The van der Waals surface area contributed by atoms with Gasteiger partial charge in [-0.05, 0) is 12.5 Å². The Morgan fingerprint density at radius 3 is 1.94 bits per heavy atom. The molecule has 0 spiro atoms. The van der Waals surface area contributed by atoms with Gasteiger partial charge in [-0.3, -0.25) is 0 Å². The molecule has 0 aromatic heterocycles. The molecule has 1 aromatic carbocycles. The monoisotopic (exact) mass is 222 g/mol. The summed E-state index contributed by atoms with van der Waals surface area (Å²) in [6, 6.07) is 9.91. The van der Waals surface area contributed by atoms with Crippen molar-refractivity contribution in [2.45, 2.75) is 45.8 Å². The Labute approximate surface area is 97.9 Å². The van der Waals surface area contributed by atoms with Gasteiger partial charge in [-0.15, -0.1) is 0 Å². The van der Waals surface area contributed by atoms with Gasteiger partial charge in [0.05, 0.1) is 12.2 Å². The standard InChI is InChI=1S/C14H22O2/c1-10(12-8-6-5-7-9-12)13(16)14(3,4)11(2)15/h5-11,13,15-16H,1-4H3. The van der Waals surface area contributed by atoms with Crippen molar-refractivity contribution in [1.82, 2.24) is 0 Å². The third-order valence-electron chi connectivity index (χ3n) is 3.64. The summed E-state index contributed by atoms with van der Waals surface area (Å²) in [5, 5.41) is 20.0. The van der Waals surface area contributed by atoms with E-state index in [1.54, 1.807) is 6.92 Å². The van der Waals surface area contributed by atoms with Gasteiger partial charge in [0.25, 0.3) is 0 Å². The van der Waals surface area contributed by atoms with Crippen molar-refractivity contribution in [2.75, 3.05) is 0 Å². The van der Waals surface area contributed by atoms with Crippen molar-refractivity contribution in [3.05, 3.63) is 35.9 Å². The first-order valence-electron chi connectivity index (χ1n) is 5.78. The lowest BCUT2D eigenvalue weighted by molar-refractivity contribution is -0.0487. The average molecular weight is 222 g/mol. The summed E-state index contributed by atoms with van der Waals surface area (Å²) in [5.74, 6) is 0.0193. The molecule has 90 valence electrons. The van der Waals surface area contributed by atoms with Crippen molar-refractivity contribution in [2.24, 2.45) is 5.41 Å². The molecule has 0 amide bonds. The summed E-state index contributed by atoms with van der Waals surface area (Å²) in [7, 11) is 0. The molecule has 1 aromatic rings. The summed E-state index contributed by atoms with van der Waals surface area (Å²) < 4.78 is 0. The summed E-state index contributed by atoms with van der Waals surface area (Å²) in [6.07, 6.45) is -1.09. The third-order valence-corrected chi connectivity index (χ3v) is 3.64. The van der Waals surface area contributed by atoms with Crippen LogP contribution in [0.15, 0.2) is 30.3 Å². The smallest absolute Gasteiger partial charge is 0.0681 e. The minimum atomic E-state index is -0.560. The first-order chi connectivity index (χ1) is 7.37. The van der Waals surface area contributed by atoms with Crippen molar-refractivity contribution in [3.63, 3.8) is 0 Å². The van der Waals surface area contributed by atoms with E-state index >= 15 is 0 Å². The Balaban J connectivity index is 2.87. The first-order valence-corrected chi connectivity index (χ1v) is 5.78. The zero-order valence-electron chi connectivity index (χ0n) is 10.5. The lowest BCUT2D eigenvalue weighted by Crippen LogP contribution is -2.41. The van der Waals surface area contributed by atoms with Crippen molar-refractivity contribution in [3.8, 4) is 0 Å². The van der Waals surface area contributed by atoms with Crippen LogP contribution in [0.2, 0.25) is 0 Å². The van der Waals surface area contributed by atoms with Crippen molar-refractivity contribution < 1.29 is 10.2 Å². The number of hydrogen-bond acceptors (Lipinski definition) is 2. The molecule has 0 aliphatic carbocycles. The molecule has 0 aliphatic heterocycles. The largest absolute Gasteiger partial charge is 0.393 e. The first kappa shape index (κ1) is 13.2. The van der Waals surface area contributed by atoms with Gasteiger partial charge in [-0.2, -0.15) is 0 Å². The van der Waals surface area contributed by atoms with Crippen LogP contribution in [0.5, 0.6) is 0 Å². The Bertz CT molecular complexity index is 317. The molecule has 0 fully saturated rings. The zero-order chi connectivity index (χ0) is 12.3. The van der Waals surface area contributed by atoms with E-state index in [1.165, 1.54) is 0 Å². The maximum absolute atomic E-state index is 10.3. The van der Waals surface area contributed by atoms with Crippen LogP contribution >= 0.6 is 0 Å². The van der Waals surface area contributed by atoms with Gasteiger partial charge in [-0.25, -0.2) is 0 Å². The molecule has 0 bridgehead atoms. The van der Waals surface area contributed by atoms with Gasteiger partial charge in [0.1, 0.15) is 0 Å². The lowest BCUT2D eigenvalue weighted by atomic mass is 9.74. The molecule has 1 rings (SSSR count). The maximum Gasteiger partial charge on any atom is 0.0681 e. The SMILES string of the molecule is CC(c1ccccc1)C(O)C(C)(C)C(C)O. The fourth-order valence-corrected chi connectivity index (χ4v) is 1.83. The van der Waals surface area contributed by atoms with Crippen LogP contribution < -0.4 is 0 Å². The fourth-order valence-electron chi connectivity index (χ4n) is 1.83. The molecule has 0 radical (unpaired) electrons. The minimum Gasteiger partial charge on any atom is -0.393 e. The van der Waals surface area contributed by atoms with Gasteiger partial charge < -0.3 is 10.2 Å². The predicted octanol–water partition coefficient (Wildman–Crippen LogP) is 2.56. The van der Waals surface area contributed by atoms with Crippen LogP contribution in [0.1, 0.15) is 39.2 Å². The van der Waals surface area contributed by atoms with E-state index in [-0.39, 0.29) is 5.92 Å². The second-order valence-electron chi connectivity index (χ2n) is 5.14. The van der Waals surface area contributed by atoms with Gasteiger partial charge >= 0.3 is 0 Å². The second kappa shape index (κ2) is 4.98. The maximum atomic E-state index is 10.3. The molecule has 3 unspecified atom stereocenters. The van der Waals surface area contributed by atoms with Crippen molar-refractivity contribution >= 4 is 0 Å². The summed E-state index contributed by atoms with van der Waals surface area (Å²) in [5.41, 5.74) is 0.596. The van der Waals surface area contributed by atoms with E-state index in [9.17, 15) is 10.2 Å². The number of aliphatic hydroxyl groups excluding tert-OH is 2. The van der Waals surface area contributed by atoms with Crippen LogP contribution in [-0.2, 0) is 0 Å². The highest BCUT2D eigenvalue weighted by molar-refractivity contribution is 5.20. The van der Waals surface area contributed by atoms with Gasteiger partial charge in [0, 0.05) is 11.3 Å². The molecule has 0 saturated heterocycles. The van der Waals surface area contributed by atoms with E-state index in [1.807, 2.05) is 51.1 Å². The number of rotatable bonds is 4. The average Bonchev–Trinajstić information content (AvgIpc) is 2.28. The Kier molecular flexibility index (Phi) is 4.11. The van der Waals surface area contributed by atoms with Crippen LogP contribution in [0.3, 0.4) is 0 Å². The van der Waals surface area contributed by atoms with Crippen LogP contribution in [-0.4, -0.2) is 22.4 Å².